The number of amides is 1. The summed E-state index contributed by atoms with van der Waals surface area (Å²) in [4.78, 5) is 28.0. The van der Waals surface area contributed by atoms with Crippen LogP contribution in [-0.4, -0.2) is 55.4 Å². The standard InChI is InChI=1S/C18H13N3O2S.C5H13NO/c1-19-17(23)13-5-3-12(4-6-13)14-9-21-15-7-2-11(10-22)8-16(15)24-18(21)20-14;1-5(7-3)4-6-2/h2-10H,1H3,(H,19,23);5-6H,4H2,1-3H3. The molecule has 0 aliphatic heterocycles. The first-order valence-electron chi connectivity index (χ1n) is 9.87. The third-order valence-corrected chi connectivity index (χ3v) is 5.84. The number of hydrogen-bond donors (Lipinski definition) is 2. The molecule has 4 rings (SSSR count). The molecule has 1 unspecified atom stereocenters. The van der Waals surface area contributed by atoms with Gasteiger partial charge in [0.25, 0.3) is 5.91 Å². The number of carbonyl (C=O) groups excluding carboxylic acids is 2. The number of carbonyl (C=O) groups is 2. The molecule has 31 heavy (non-hydrogen) atoms. The lowest BCUT2D eigenvalue weighted by Gasteiger charge is -2.05. The summed E-state index contributed by atoms with van der Waals surface area (Å²) >= 11 is 1.55. The predicted octanol–water partition coefficient (Wildman–Crippen LogP) is 3.63. The number of benzene rings is 2. The van der Waals surface area contributed by atoms with Gasteiger partial charge in [0, 0.05) is 43.6 Å². The van der Waals surface area contributed by atoms with Crippen LogP contribution in [0.15, 0.2) is 48.7 Å². The predicted molar refractivity (Wildman–Crippen MR) is 125 cm³/mol. The Balaban J connectivity index is 0.000000339. The fourth-order valence-corrected chi connectivity index (χ4v) is 4.09. The van der Waals surface area contributed by atoms with Gasteiger partial charge in [-0.1, -0.05) is 23.5 Å². The van der Waals surface area contributed by atoms with Gasteiger partial charge in [-0.15, -0.1) is 0 Å². The number of fused-ring (bicyclic) bond motifs is 3. The van der Waals surface area contributed by atoms with E-state index in [0.29, 0.717) is 17.2 Å². The average Bonchev–Trinajstić information content (AvgIpc) is 3.36. The number of nitrogens with one attached hydrogen (secondary N) is 2. The Bertz CT molecular complexity index is 1180. The van der Waals surface area contributed by atoms with Crippen molar-refractivity contribution in [3.8, 4) is 11.3 Å². The van der Waals surface area contributed by atoms with Gasteiger partial charge < -0.3 is 15.4 Å². The Morgan fingerprint density at radius 1 is 1.23 bits per heavy atom. The Morgan fingerprint density at radius 2 is 1.97 bits per heavy atom. The topological polar surface area (TPSA) is 84.7 Å². The van der Waals surface area contributed by atoms with Gasteiger partial charge in [-0.25, -0.2) is 4.98 Å². The number of aldehydes is 1. The molecule has 2 aromatic heterocycles. The highest BCUT2D eigenvalue weighted by atomic mass is 32.1. The summed E-state index contributed by atoms with van der Waals surface area (Å²) < 4.78 is 7.98. The normalized spacial score (nSPS) is 11.7. The van der Waals surface area contributed by atoms with Gasteiger partial charge in [-0.05, 0) is 44.3 Å². The van der Waals surface area contributed by atoms with E-state index in [2.05, 4.69) is 15.6 Å². The van der Waals surface area contributed by atoms with Gasteiger partial charge in [0.15, 0.2) is 4.96 Å². The molecule has 0 aliphatic rings. The lowest BCUT2D eigenvalue weighted by atomic mass is 10.1. The van der Waals surface area contributed by atoms with Gasteiger partial charge in [-0.3, -0.25) is 14.0 Å². The van der Waals surface area contributed by atoms with E-state index in [1.54, 1.807) is 43.7 Å². The fraction of sp³-hybridized carbons (Fsp3) is 0.261. The molecule has 1 amide bonds. The Hall–Kier alpha value is -3.07. The van der Waals surface area contributed by atoms with Crippen LogP contribution in [0.25, 0.3) is 26.4 Å². The van der Waals surface area contributed by atoms with E-state index in [9.17, 15) is 9.59 Å². The number of methoxy groups -OCH3 is 1. The second-order valence-corrected chi connectivity index (χ2v) is 8.00. The van der Waals surface area contributed by atoms with Crippen LogP contribution in [0.1, 0.15) is 27.6 Å². The summed E-state index contributed by atoms with van der Waals surface area (Å²) in [6.45, 7) is 2.95. The molecule has 0 radical (unpaired) electrons. The minimum absolute atomic E-state index is 0.107. The van der Waals surface area contributed by atoms with Crippen LogP contribution in [0.5, 0.6) is 0 Å². The summed E-state index contributed by atoms with van der Waals surface area (Å²) in [5.74, 6) is -0.107. The van der Waals surface area contributed by atoms with E-state index >= 15 is 0 Å². The lowest BCUT2D eigenvalue weighted by molar-refractivity contribution is 0.0962. The first-order valence-corrected chi connectivity index (χ1v) is 10.7. The zero-order valence-corrected chi connectivity index (χ0v) is 18.8. The molecular weight excluding hydrogens is 412 g/mol. The fourth-order valence-electron chi connectivity index (χ4n) is 3.04. The van der Waals surface area contributed by atoms with Crippen molar-refractivity contribution in [2.75, 3.05) is 27.7 Å². The molecular formula is C23H26N4O3S. The number of nitrogens with zero attached hydrogens (tertiary/aromatic N) is 2. The second kappa shape index (κ2) is 10.3. The molecule has 162 valence electrons. The van der Waals surface area contributed by atoms with E-state index in [1.807, 2.05) is 48.8 Å². The van der Waals surface area contributed by atoms with Gasteiger partial charge in [-0.2, -0.15) is 0 Å². The molecule has 0 aliphatic carbocycles. The smallest absolute Gasteiger partial charge is 0.251 e. The minimum Gasteiger partial charge on any atom is -0.380 e. The van der Waals surface area contributed by atoms with Crippen LogP contribution in [0, 0.1) is 0 Å². The molecule has 4 aromatic rings. The summed E-state index contributed by atoms with van der Waals surface area (Å²) in [7, 11) is 5.23. The van der Waals surface area contributed by atoms with Crippen LogP contribution < -0.4 is 10.6 Å². The Morgan fingerprint density at radius 3 is 2.55 bits per heavy atom. The van der Waals surface area contributed by atoms with Crippen molar-refractivity contribution in [1.82, 2.24) is 20.0 Å². The van der Waals surface area contributed by atoms with Crippen molar-refractivity contribution < 1.29 is 14.3 Å². The van der Waals surface area contributed by atoms with Crippen molar-refractivity contribution in [2.45, 2.75) is 13.0 Å². The maximum Gasteiger partial charge on any atom is 0.251 e. The number of imidazole rings is 1. The quantitative estimate of drug-likeness (QED) is 0.449. The van der Waals surface area contributed by atoms with Crippen LogP contribution >= 0.6 is 11.3 Å². The van der Waals surface area contributed by atoms with Crippen LogP contribution in [-0.2, 0) is 4.74 Å². The molecule has 2 aromatic carbocycles. The molecule has 2 N–H and O–H groups in total. The van der Waals surface area contributed by atoms with Gasteiger partial charge in [0.1, 0.15) is 6.29 Å². The first-order chi connectivity index (χ1) is 15.0. The summed E-state index contributed by atoms with van der Waals surface area (Å²) in [5.41, 5.74) is 4.12. The van der Waals surface area contributed by atoms with E-state index < -0.39 is 0 Å². The van der Waals surface area contributed by atoms with Crippen molar-refractivity contribution >= 4 is 38.7 Å². The highest BCUT2D eigenvalue weighted by Crippen LogP contribution is 2.30. The molecule has 0 saturated heterocycles. The highest BCUT2D eigenvalue weighted by Gasteiger charge is 2.11. The number of hydrogen-bond acceptors (Lipinski definition) is 6. The lowest BCUT2D eigenvalue weighted by Crippen LogP contribution is -2.21. The monoisotopic (exact) mass is 438 g/mol. The molecule has 1 atom stereocenters. The Labute approximate surface area is 185 Å². The van der Waals surface area contributed by atoms with Crippen LogP contribution in [0.2, 0.25) is 0 Å². The third-order valence-electron chi connectivity index (χ3n) is 4.82. The number of ether oxygens (including phenoxy) is 1. The number of likely N-dealkylation sites (N-methyl/N-ethyl adjacent to an activating group) is 1. The zero-order valence-electron chi connectivity index (χ0n) is 18.0. The van der Waals surface area contributed by atoms with Gasteiger partial charge >= 0.3 is 0 Å². The number of rotatable bonds is 6. The molecule has 2 heterocycles. The second-order valence-electron chi connectivity index (χ2n) is 6.99. The SMILES string of the molecule is CNC(=O)c1ccc(-c2cn3c(n2)sc2cc(C=O)ccc23)cc1.CNCC(C)OC. The van der Waals surface area contributed by atoms with Crippen LogP contribution in [0.4, 0.5) is 0 Å². The molecule has 7 nitrogen and oxygen atoms in total. The Kier molecular flexibility index (Phi) is 7.51. The maximum atomic E-state index is 11.6. The van der Waals surface area contributed by atoms with Crippen molar-refractivity contribution in [3.05, 3.63) is 59.8 Å². The first kappa shape index (κ1) is 22.6. The number of thiazole rings is 1. The third kappa shape index (κ3) is 5.16. The van der Waals surface area contributed by atoms with Crippen LogP contribution in [0.3, 0.4) is 0 Å². The largest absolute Gasteiger partial charge is 0.380 e. The van der Waals surface area contributed by atoms with E-state index in [-0.39, 0.29) is 5.91 Å². The molecule has 0 spiro atoms. The average molecular weight is 439 g/mol. The summed E-state index contributed by atoms with van der Waals surface area (Å²) in [5, 5.41) is 5.60. The van der Waals surface area contributed by atoms with Crippen molar-refractivity contribution in [1.29, 1.82) is 0 Å². The molecule has 8 heteroatoms. The van der Waals surface area contributed by atoms with Crippen molar-refractivity contribution in [3.63, 3.8) is 0 Å². The molecule has 0 saturated carbocycles. The van der Waals surface area contributed by atoms with Crippen molar-refractivity contribution in [2.24, 2.45) is 0 Å². The molecule has 0 fully saturated rings. The zero-order chi connectivity index (χ0) is 22.4. The summed E-state index contributed by atoms with van der Waals surface area (Å²) in [6.07, 6.45) is 3.16. The minimum atomic E-state index is -0.107. The summed E-state index contributed by atoms with van der Waals surface area (Å²) in [6, 6.07) is 13.0. The van der Waals surface area contributed by atoms with Gasteiger partial charge in [0.2, 0.25) is 0 Å². The van der Waals surface area contributed by atoms with Gasteiger partial charge in [0.05, 0.1) is 22.0 Å². The van der Waals surface area contributed by atoms with E-state index in [4.69, 9.17) is 4.74 Å². The highest BCUT2D eigenvalue weighted by molar-refractivity contribution is 7.23. The number of aromatic nitrogens is 2. The van der Waals surface area contributed by atoms with E-state index in [1.165, 1.54) is 0 Å². The maximum absolute atomic E-state index is 11.6. The molecule has 0 bridgehead atoms. The van der Waals surface area contributed by atoms with E-state index in [0.717, 1.165) is 39.3 Å².